The number of hydrogen-bond acceptors (Lipinski definition) is 5. The van der Waals surface area contributed by atoms with E-state index < -0.39 is 34.7 Å². The molecule has 2 aromatic carbocycles. The van der Waals surface area contributed by atoms with Crippen LogP contribution in [0, 0.1) is 17.5 Å². The second kappa shape index (κ2) is 11.2. The average Bonchev–Trinajstić information content (AvgIpc) is 2.78. The van der Waals surface area contributed by atoms with E-state index in [0.717, 1.165) is 24.9 Å². The van der Waals surface area contributed by atoms with Crippen molar-refractivity contribution in [3.05, 3.63) is 76.0 Å². The highest BCUT2D eigenvalue weighted by Crippen LogP contribution is 2.19. The SMILES string of the molecule is O=C(Nc1ncc(-c2ccc(CNCCCCO)cc2)c(=O)[nH]1)Nc1cc(F)c(F)cc1F. The van der Waals surface area contributed by atoms with Crippen LogP contribution in [0.5, 0.6) is 0 Å². The van der Waals surface area contributed by atoms with Gasteiger partial charge in [-0.15, -0.1) is 0 Å². The number of amides is 2. The van der Waals surface area contributed by atoms with Gasteiger partial charge < -0.3 is 15.7 Å². The Balaban J connectivity index is 1.61. The van der Waals surface area contributed by atoms with Crippen molar-refractivity contribution in [2.75, 3.05) is 23.8 Å². The molecule has 0 saturated carbocycles. The molecular weight excluding hydrogens is 439 g/mol. The lowest BCUT2D eigenvalue weighted by Gasteiger charge is -2.09. The molecule has 0 spiro atoms. The number of aromatic amines is 1. The van der Waals surface area contributed by atoms with Crippen molar-refractivity contribution < 1.29 is 23.1 Å². The van der Waals surface area contributed by atoms with Crippen molar-refractivity contribution in [3.8, 4) is 11.1 Å². The number of H-pyrrole nitrogens is 1. The zero-order valence-corrected chi connectivity index (χ0v) is 17.4. The van der Waals surface area contributed by atoms with Gasteiger partial charge in [0.15, 0.2) is 11.6 Å². The van der Waals surface area contributed by atoms with Crippen LogP contribution in [0.1, 0.15) is 18.4 Å². The number of halogens is 3. The van der Waals surface area contributed by atoms with Crippen LogP contribution in [-0.4, -0.2) is 34.3 Å². The summed E-state index contributed by atoms with van der Waals surface area (Å²) in [5.41, 5.74) is 0.816. The van der Waals surface area contributed by atoms with E-state index in [1.165, 1.54) is 6.20 Å². The number of urea groups is 1. The number of hydrogen-bond donors (Lipinski definition) is 5. The van der Waals surface area contributed by atoms with Gasteiger partial charge >= 0.3 is 6.03 Å². The predicted molar refractivity (Wildman–Crippen MR) is 117 cm³/mol. The molecule has 8 nitrogen and oxygen atoms in total. The Bertz CT molecular complexity index is 1170. The van der Waals surface area contributed by atoms with E-state index in [-0.39, 0.29) is 18.1 Å². The first-order valence-electron chi connectivity index (χ1n) is 10.1. The lowest BCUT2D eigenvalue weighted by Crippen LogP contribution is -2.24. The molecule has 0 aliphatic heterocycles. The molecule has 0 bridgehead atoms. The highest BCUT2D eigenvalue weighted by Gasteiger charge is 2.13. The van der Waals surface area contributed by atoms with E-state index in [4.69, 9.17) is 5.11 Å². The number of unbranched alkanes of at least 4 members (excludes halogenated alkanes) is 1. The van der Waals surface area contributed by atoms with Crippen LogP contribution in [0.4, 0.5) is 29.6 Å². The second-order valence-electron chi connectivity index (χ2n) is 7.10. The van der Waals surface area contributed by atoms with Gasteiger partial charge in [-0.25, -0.2) is 22.9 Å². The van der Waals surface area contributed by atoms with Gasteiger partial charge in [-0.1, -0.05) is 24.3 Å². The molecule has 1 heterocycles. The summed E-state index contributed by atoms with van der Waals surface area (Å²) in [4.78, 5) is 30.8. The number of aromatic nitrogens is 2. The van der Waals surface area contributed by atoms with Crippen molar-refractivity contribution in [3.63, 3.8) is 0 Å². The summed E-state index contributed by atoms with van der Waals surface area (Å²) in [7, 11) is 0. The van der Waals surface area contributed by atoms with Gasteiger partial charge in [-0.3, -0.25) is 15.1 Å². The van der Waals surface area contributed by atoms with Gasteiger partial charge in [-0.2, -0.15) is 0 Å². The molecule has 5 N–H and O–H groups in total. The molecule has 0 fully saturated rings. The number of aliphatic hydroxyl groups excluding tert-OH is 1. The molecule has 1 aromatic heterocycles. The van der Waals surface area contributed by atoms with Crippen LogP contribution in [0.3, 0.4) is 0 Å². The first kappa shape index (κ1) is 24.0. The third kappa shape index (κ3) is 6.64. The van der Waals surface area contributed by atoms with Gasteiger partial charge in [0, 0.05) is 31.5 Å². The Kier molecular flexibility index (Phi) is 8.17. The molecule has 0 unspecified atom stereocenters. The zero-order valence-electron chi connectivity index (χ0n) is 17.4. The Hall–Kier alpha value is -3.70. The molecule has 3 rings (SSSR count). The number of rotatable bonds is 9. The van der Waals surface area contributed by atoms with Gasteiger partial charge in [0.25, 0.3) is 5.56 Å². The molecule has 2 amide bonds. The van der Waals surface area contributed by atoms with Crippen LogP contribution < -0.4 is 21.5 Å². The summed E-state index contributed by atoms with van der Waals surface area (Å²) in [6.07, 6.45) is 2.90. The van der Waals surface area contributed by atoms with Crippen molar-refractivity contribution in [2.24, 2.45) is 0 Å². The first-order chi connectivity index (χ1) is 15.9. The maximum absolute atomic E-state index is 13.6. The number of nitrogens with zero attached hydrogens (tertiary/aromatic N) is 1. The standard InChI is InChI=1S/C22H22F3N5O3/c23-16-9-18(25)19(10-17(16)24)28-22(33)30-21-27-12-15(20(32)29-21)14-5-3-13(4-6-14)11-26-7-1-2-8-31/h3-6,9-10,12,26,31H,1-2,7-8,11H2,(H3,27,28,29,30,32,33). The molecule has 0 aliphatic rings. The molecule has 0 saturated heterocycles. The highest BCUT2D eigenvalue weighted by molar-refractivity contribution is 5.98. The quantitative estimate of drug-likeness (QED) is 0.247. The Morgan fingerprint density at radius 3 is 2.42 bits per heavy atom. The van der Waals surface area contributed by atoms with Crippen LogP contribution >= 0.6 is 0 Å². The number of carbonyl (C=O) groups is 1. The normalized spacial score (nSPS) is 10.8. The topological polar surface area (TPSA) is 119 Å². The van der Waals surface area contributed by atoms with E-state index in [0.29, 0.717) is 24.2 Å². The molecule has 0 radical (unpaired) electrons. The Morgan fingerprint density at radius 1 is 1.00 bits per heavy atom. The maximum Gasteiger partial charge on any atom is 0.326 e. The first-order valence-corrected chi connectivity index (χ1v) is 10.1. The molecule has 33 heavy (non-hydrogen) atoms. The number of nitrogens with one attached hydrogen (secondary N) is 4. The fraction of sp³-hybridized carbons (Fsp3) is 0.227. The molecular formula is C22H22F3N5O3. The number of aliphatic hydroxyl groups is 1. The number of anilines is 2. The van der Waals surface area contributed by atoms with Gasteiger partial charge in [0.05, 0.1) is 11.3 Å². The largest absolute Gasteiger partial charge is 0.396 e. The lowest BCUT2D eigenvalue weighted by molar-refractivity contribution is 0.262. The van der Waals surface area contributed by atoms with Crippen LogP contribution in [0.2, 0.25) is 0 Å². The summed E-state index contributed by atoms with van der Waals surface area (Å²) >= 11 is 0. The summed E-state index contributed by atoms with van der Waals surface area (Å²) in [5, 5.41) is 16.2. The minimum Gasteiger partial charge on any atom is -0.396 e. The number of benzene rings is 2. The third-order valence-corrected chi connectivity index (χ3v) is 4.65. The Morgan fingerprint density at radius 2 is 1.73 bits per heavy atom. The van der Waals surface area contributed by atoms with Crippen LogP contribution in [0.25, 0.3) is 11.1 Å². The van der Waals surface area contributed by atoms with Crippen LogP contribution in [-0.2, 0) is 6.54 Å². The molecule has 0 atom stereocenters. The van der Waals surface area contributed by atoms with Crippen LogP contribution in [0.15, 0.2) is 47.4 Å². The monoisotopic (exact) mass is 461 g/mol. The smallest absolute Gasteiger partial charge is 0.326 e. The minimum atomic E-state index is -1.39. The van der Waals surface area contributed by atoms with E-state index >= 15 is 0 Å². The summed E-state index contributed by atoms with van der Waals surface area (Å²) in [6.45, 7) is 1.61. The van der Waals surface area contributed by atoms with Crippen molar-refractivity contribution in [1.82, 2.24) is 15.3 Å². The van der Waals surface area contributed by atoms with E-state index in [9.17, 15) is 22.8 Å². The fourth-order valence-corrected chi connectivity index (χ4v) is 2.94. The minimum absolute atomic E-state index is 0.171. The third-order valence-electron chi connectivity index (χ3n) is 4.65. The van der Waals surface area contributed by atoms with E-state index in [1.54, 1.807) is 12.1 Å². The van der Waals surface area contributed by atoms with Gasteiger partial charge in [-0.05, 0) is 30.5 Å². The van der Waals surface area contributed by atoms with E-state index in [2.05, 4.69) is 20.6 Å². The Labute approximate surface area is 186 Å². The van der Waals surface area contributed by atoms with E-state index in [1.807, 2.05) is 17.4 Å². The van der Waals surface area contributed by atoms with Gasteiger partial charge in [0.1, 0.15) is 5.82 Å². The van der Waals surface area contributed by atoms with Crippen molar-refractivity contribution in [2.45, 2.75) is 19.4 Å². The lowest BCUT2D eigenvalue weighted by atomic mass is 10.1. The zero-order chi connectivity index (χ0) is 23.8. The summed E-state index contributed by atoms with van der Waals surface area (Å²) in [5.74, 6) is -4.09. The van der Waals surface area contributed by atoms with Gasteiger partial charge in [0.2, 0.25) is 5.95 Å². The maximum atomic E-state index is 13.6. The summed E-state index contributed by atoms with van der Waals surface area (Å²) < 4.78 is 39.9. The fourth-order valence-electron chi connectivity index (χ4n) is 2.94. The highest BCUT2D eigenvalue weighted by atomic mass is 19.2. The van der Waals surface area contributed by atoms with Crippen molar-refractivity contribution in [1.29, 1.82) is 0 Å². The van der Waals surface area contributed by atoms with Crippen molar-refractivity contribution >= 4 is 17.7 Å². The second-order valence-corrected chi connectivity index (χ2v) is 7.10. The molecule has 11 heteroatoms. The summed E-state index contributed by atoms with van der Waals surface area (Å²) in [6, 6.07) is 7.06. The molecule has 0 aliphatic carbocycles. The molecule has 174 valence electrons. The number of carbonyl (C=O) groups excluding carboxylic acids is 1. The predicted octanol–water partition coefficient (Wildman–Crippen LogP) is 3.36. The average molecular weight is 461 g/mol. The molecule has 3 aromatic rings.